The van der Waals surface area contributed by atoms with Gasteiger partial charge in [0.1, 0.15) is 5.75 Å². The van der Waals surface area contributed by atoms with E-state index in [0.29, 0.717) is 22.8 Å². The average Bonchev–Trinajstić information content (AvgIpc) is 2.28. The predicted molar refractivity (Wildman–Crippen MR) is 63.8 cm³/mol. The van der Waals surface area contributed by atoms with E-state index in [0.717, 1.165) is 0 Å². The molecule has 0 fully saturated rings. The van der Waals surface area contributed by atoms with Crippen LogP contribution < -0.4 is 4.74 Å². The third-order valence-electron chi connectivity index (χ3n) is 2.27. The van der Waals surface area contributed by atoms with Gasteiger partial charge in [-0.15, -0.1) is 0 Å². The molecule has 1 aromatic rings. The van der Waals surface area contributed by atoms with Gasteiger partial charge in [0.05, 0.1) is 12.1 Å². The Bertz CT molecular complexity index is 429. The van der Waals surface area contributed by atoms with E-state index < -0.39 is 5.97 Å². The van der Waals surface area contributed by atoms with Crippen molar-refractivity contribution in [3.05, 3.63) is 28.8 Å². The molecule has 4 nitrogen and oxygen atoms in total. The number of hydrogen-bond acceptors (Lipinski definition) is 3. The van der Waals surface area contributed by atoms with Gasteiger partial charge in [-0.1, -0.05) is 11.6 Å². The van der Waals surface area contributed by atoms with Crippen molar-refractivity contribution in [1.29, 1.82) is 0 Å². The van der Waals surface area contributed by atoms with Crippen molar-refractivity contribution in [2.45, 2.75) is 19.3 Å². The minimum absolute atomic E-state index is 0.00434. The summed E-state index contributed by atoms with van der Waals surface area (Å²) >= 11 is 5.89. The molecule has 0 aromatic heterocycles. The highest BCUT2D eigenvalue weighted by molar-refractivity contribution is 6.32. The normalized spacial score (nSPS) is 10.0. The number of methoxy groups -OCH3 is 1. The number of ketones is 1. The molecule has 17 heavy (non-hydrogen) atoms. The molecule has 0 amide bonds. The van der Waals surface area contributed by atoms with Crippen LogP contribution in [0.3, 0.4) is 0 Å². The Balaban J connectivity index is 2.63. The van der Waals surface area contributed by atoms with E-state index in [9.17, 15) is 9.59 Å². The Morgan fingerprint density at radius 3 is 2.59 bits per heavy atom. The summed E-state index contributed by atoms with van der Waals surface area (Å²) in [6, 6.07) is 4.77. The molecule has 0 aliphatic rings. The smallest absolute Gasteiger partial charge is 0.303 e. The van der Waals surface area contributed by atoms with E-state index in [2.05, 4.69) is 0 Å². The van der Waals surface area contributed by atoms with E-state index in [1.54, 1.807) is 12.1 Å². The molecule has 0 aliphatic carbocycles. The third-order valence-corrected chi connectivity index (χ3v) is 2.56. The summed E-state index contributed by atoms with van der Waals surface area (Å²) in [5.74, 6) is -0.505. The Labute approximate surface area is 104 Å². The summed E-state index contributed by atoms with van der Waals surface area (Å²) in [5, 5.41) is 8.83. The minimum Gasteiger partial charge on any atom is -0.495 e. The predicted octanol–water partition coefficient (Wildman–Crippen LogP) is 2.79. The lowest BCUT2D eigenvalue weighted by atomic mass is 10.1. The maximum Gasteiger partial charge on any atom is 0.303 e. The molecule has 0 heterocycles. The second-order valence-corrected chi connectivity index (χ2v) is 3.93. The van der Waals surface area contributed by atoms with Crippen molar-refractivity contribution in [3.8, 4) is 5.75 Å². The second kappa shape index (κ2) is 6.25. The molecular weight excluding hydrogens is 244 g/mol. The first-order chi connectivity index (χ1) is 8.04. The zero-order valence-electron chi connectivity index (χ0n) is 9.40. The van der Waals surface area contributed by atoms with Gasteiger partial charge < -0.3 is 9.84 Å². The van der Waals surface area contributed by atoms with Crippen LogP contribution in [0.2, 0.25) is 5.02 Å². The van der Waals surface area contributed by atoms with Crippen LogP contribution in [0.15, 0.2) is 18.2 Å². The second-order valence-electron chi connectivity index (χ2n) is 3.52. The number of ether oxygens (including phenoxy) is 1. The number of carboxylic acids is 1. The number of carboxylic acid groups (broad SMARTS) is 1. The van der Waals surface area contributed by atoms with E-state index in [-0.39, 0.29) is 18.6 Å². The molecule has 0 atom stereocenters. The molecule has 5 heteroatoms. The van der Waals surface area contributed by atoms with Crippen LogP contribution >= 0.6 is 11.6 Å². The minimum atomic E-state index is -0.898. The standard InChI is InChI=1S/C12H13ClO4/c1-17-11-6-5-8(7-9(11)13)10(14)3-2-4-12(15)16/h5-7H,2-4H2,1H3,(H,15,16). The van der Waals surface area contributed by atoms with Gasteiger partial charge in [0.2, 0.25) is 0 Å². The molecule has 0 unspecified atom stereocenters. The van der Waals surface area contributed by atoms with Gasteiger partial charge in [-0.25, -0.2) is 0 Å². The Morgan fingerprint density at radius 2 is 2.06 bits per heavy atom. The van der Waals surface area contributed by atoms with Gasteiger partial charge in [0.15, 0.2) is 5.78 Å². The molecule has 0 spiro atoms. The molecule has 0 saturated heterocycles. The first-order valence-electron chi connectivity index (χ1n) is 5.13. The lowest BCUT2D eigenvalue weighted by Gasteiger charge is -2.05. The van der Waals surface area contributed by atoms with Crippen molar-refractivity contribution in [1.82, 2.24) is 0 Å². The number of halogens is 1. The van der Waals surface area contributed by atoms with E-state index >= 15 is 0 Å². The first-order valence-corrected chi connectivity index (χ1v) is 5.51. The van der Waals surface area contributed by atoms with Gasteiger partial charge in [0, 0.05) is 18.4 Å². The number of benzene rings is 1. The van der Waals surface area contributed by atoms with Crippen LogP contribution in [0.1, 0.15) is 29.6 Å². The summed E-state index contributed by atoms with van der Waals surface area (Å²) in [6.45, 7) is 0. The highest BCUT2D eigenvalue weighted by atomic mass is 35.5. The van der Waals surface area contributed by atoms with Crippen LogP contribution in [0.4, 0.5) is 0 Å². The number of Topliss-reactive ketones (excluding diaryl/α,β-unsaturated/α-hetero) is 1. The average molecular weight is 257 g/mol. The van der Waals surface area contributed by atoms with Crippen molar-refractivity contribution < 1.29 is 19.4 Å². The molecule has 0 radical (unpaired) electrons. The number of carbonyl (C=O) groups excluding carboxylic acids is 1. The Morgan fingerprint density at radius 1 is 1.35 bits per heavy atom. The van der Waals surface area contributed by atoms with Crippen molar-refractivity contribution >= 4 is 23.4 Å². The summed E-state index contributed by atoms with van der Waals surface area (Å²) < 4.78 is 4.97. The van der Waals surface area contributed by atoms with Crippen LogP contribution in [0.5, 0.6) is 5.75 Å². The van der Waals surface area contributed by atoms with Gasteiger partial charge in [-0.2, -0.15) is 0 Å². The molecule has 0 aliphatic heterocycles. The van der Waals surface area contributed by atoms with Gasteiger partial charge in [-0.05, 0) is 24.6 Å². The molecule has 92 valence electrons. The van der Waals surface area contributed by atoms with Crippen LogP contribution in [0.25, 0.3) is 0 Å². The molecular formula is C12H13ClO4. The summed E-state index contributed by atoms with van der Waals surface area (Å²) in [4.78, 5) is 22.0. The highest BCUT2D eigenvalue weighted by Gasteiger charge is 2.09. The monoisotopic (exact) mass is 256 g/mol. The fourth-order valence-electron chi connectivity index (χ4n) is 1.38. The molecule has 1 aromatic carbocycles. The van der Waals surface area contributed by atoms with Gasteiger partial charge >= 0.3 is 5.97 Å². The molecule has 0 saturated carbocycles. The zero-order chi connectivity index (χ0) is 12.8. The van der Waals surface area contributed by atoms with Crippen molar-refractivity contribution in [2.75, 3.05) is 7.11 Å². The van der Waals surface area contributed by atoms with E-state index in [1.807, 2.05) is 0 Å². The highest BCUT2D eigenvalue weighted by Crippen LogP contribution is 2.25. The maximum atomic E-state index is 11.7. The van der Waals surface area contributed by atoms with E-state index in [4.69, 9.17) is 21.4 Å². The summed E-state index contributed by atoms with van der Waals surface area (Å²) in [7, 11) is 1.50. The largest absolute Gasteiger partial charge is 0.495 e. The SMILES string of the molecule is COc1ccc(C(=O)CCCC(=O)O)cc1Cl. The van der Waals surface area contributed by atoms with Gasteiger partial charge in [0.25, 0.3) is 0 Å². The summed E-state index contributed by atoms with van der Waals surface area (Å²) in [5.41, 5.74) is 0.473. The van der Waals surface area contributed by atoms with E-state index in [1.165, 1.54) is 13.2 Å². The topological polar surface area (TPSA) is 63.6 Å². The molecule has 0 bridgehead atoms. The maximum absolute atomic E-state index is 11.7. The lowest BCUT2D eigenvalue weighted by Crippen LogP contribution is -2.02. The number of hydrogen-bond donors (Lipinski definition) is 1. The lowest BCUT2D eigenvalue weighted by molar-refractivity contribution is -0.137. The third kappa shape index (κ3) is 4.07. The number of rotatable bonds is 6. The zero-order valence-corrected chi connectivity index (χ0v) is 10.2. The summed E-state index contributed by atoms with van der Waals surface area (Å²) in [6.07, 6.45) is 0.530. The van der Waals surface area contributed by atoms with Crippen molar-refractivity contribution in [2.24, 2.45) is 0 Å². The van der Waals surface area contributed by atoms with Crippen LogP contribution in [0, 0.1) is 0 Å². The fourth-order valence-corrected chi connectivity index (χ4v) is 1.64. The first kappa shape index (κ1) is 13.5. The Hall–Kier alpha value is -1.55. The van der Waals surface area contributed by atoms with Crippen molar-refractivity contribution in [3.63, 3.8) is 0 Å². The Kier molecular flexibility index (Phi) is 4.97. The number of aliphatic carboxylic acids is 1. The van der Waals surface area contributed by atoms with Gasteiger partial charge in [-0.3, -0.25) is 9.59 Å². The number of carbonyl (C=O) groups is 2. The fraction of sp³-hybridized carbons (Fsp3) is 0.333. The van der Waals surface area contributed by atoms with Crippen LogP contribution in [-0.2, 0) is 4.79 Å². The van der Waals surface area contributed by atoms with Crippen LogP contribution in [-0.4, -0.2) is 24.0 Å². The molecule has 1 N–H and O–H groups in total. The molecule has 1 rings (SSSR count). The quantitative estimate of drug-likeness (QED) is 0.795.